The van der Waals surface area contributed by atoms with Gasteiger partial charge < -0.3 is 15.6 Å². The molecular weight excluding hydrogens is 371 g/mol. The van der Waals surface area contributed by atoms with Crippen LogP contribution in [0, 0.1) is 5.82 Å². The largest absolute Gasteiger partial charge is 0.363 e. The molecule has 1 amide bonds. The summed E-state index contributed by atoms with van der Waals surface area (Å²) >= 11 is 0. The van der Waals surface area contributed by atoms with Crippen molar-refractivity contribution < 1.29 is 9.18 Å². The van der Waals surface area contributed by atoms with Gasteiger partial charge in [0.25, 0.3) is 0 Å². The first-order chi connectivity index (χ1) is 14.2. The number of H-pyrrole nitrogens is 1. The van der Waals surface area contributed by atoms with Gasteiger partial charge in [0, 0.05) is 41.8 Å². The number of amides is 1. The van der Waals surface area contributed by atoms with Gasteiger partial charge in [-0.1, -0.05) is 19.8 Å². The fourth-order valence-electron chi connectivity index (χ4n) is 3.90. The molecule has 1 aliphatic carbocycles. The molecule has 3 aromatic rings. The van der Waals surface area contributed by atoms with E-state index in [-0.39, 0.29) is 23.8 Å². The van der Waals surface area contributed by atoms with Crippen LogP contribution in [-0.2, 0) is 4.79 Å². The summed E-state index contributed by atoms with van der Waals surface area (Å²) in [6.07, 6.45) is 9.80. The van der Waals surface area contributed by atoms with E-state index in [1.54, 1.807) is 12.4 Å². The summed E-state index contributed by atoms with van der Waals surface area (Å²) < 4.78 is 14.5. The van der Waals surface area contributed by atoms with Crippen molar-refractivity contribution in [3.8, 4) is 11.4 Å². The van der Waals surface area contributed by atoms with E-state index in [4.69, 9.17) is 0 Å². The molecule has 152 valence electrons. The molecule has 7 nitrogen and oxygen atoms in total. The third-order valence-electron chi connectivity index (χ3n) is 5.35. The molecule has 2 atom stereocenters. The van der Waals surface area contributed by atoms with Crippen molar-refractivity contribution in [2.75, 3.05) is 5.32 Å². The molecule has 0 aromatic carbocycles. The smallest absolute Gasteiger partial charge is 0.220 e. The predicted molar refractivity (Wildman–Crippen MR) is 110 cm³/mol. The number of nitrogens with zero attached hydrogens (tertiary/aromatic N) is 3. The Balaban J connectivity index is 1.58. The summed E-state index contributed by atoms with van der Waals surface area (Å²) in [6.45, 7) is 1.98. The SMILES string of the molecule is CCCC(=O)NC1CCCC[C@H]1Nc1nc(-c2c[nH]c3ncccc23)ncc1F. The molecule has 0 aliphatic heterocycles. The van der Waals surface area contributed by atoms with Gasteiger partial charge in [-0.25, -0.2) is 19.3 Å². The summed E-state index contributed by atoms with van der Waals surface area (Å²) in [5.74, 6) is 0.127. The second kappa shape index (κ2) is 8.55. The third kappa shape index (κ3) is 4.21. The minimum atomic E-state index is -0.504. The van der Waals surface area contributed by atoms with Crippen LogP contribution in [0.3, 0.4) is 0 Å². The van der Waals surface area contributed by atoms with Gasteiger partial charge in [0.1, 0.15) is 5.65 Å². The van der Waals surface area contributed by atoms with E-state index in [0.29, 0.717) is 12.2 Å². The standard InChI is InChI=1S/C21H25FN6O/c1-2-6-18(29)26-16-8-3-4-9-17(16)27-21-15(22)12-25-20(28-21)14-11-24-19-13(14)7-5-10-23-19/h5,7,10-12,16-17H,2-4,6,8-9H2,1H3,(H,23,24)(H,26,29)(H,25,27,28)/t16?,17-/m1/s1. The lowest BCUT2D eigenvalue weighted by molar-refractivity contribution is -0.122. The van der Waals surface area contributed by atoms with Crippen LogP contribution < -0.4 is 10.6 Å². The van der Waals surface area contributed by atoms with E-state index in [1.165, 1.54) is 6.20 Å². The summed E-state index contributed by atoms with van der Waals surface area (Å²) in [7, 11) is 0. The minimum absolute atomic E-state index is 0.0297. The monoisotopic (exact) mass is 396 g/mol. The van der Waals surface area contributed by atoms with Crippen LogP contribution in [0.25, 0.3) is 22.4 Å². The Labute approximate surface area is 168 Å². The minimum Gasteiger partial charge on any atom is -0.363 e. The third-order valence-corrected chi connectivity index (χ3v) is 5.35. The van der Waals surface area contributed by atoms with Crippen molar-refractivity contribution in [3.05, 3.63) is 36.5 Å². The number of aromatic amines is 1. The lowest BCUT2D eigenvalue weighted by Crippen LogP contribution is -2.48. The second-order valence-corrected chi connectivity index (χ2v) is 7.45. The number of carbonyl (C=O) groups excluding carboxylic acids is 1. The molecule has 3 heterocycles. The lowest BCUT2D eigenvalue weighted by atomic mass is 9.90. The Hall–Kier alpha value is -3.03. The van der Waals surface area contributed by atoms with E-state index in [0.717, 1.165) is 48.7 Å². The molecule has 1 saturated carbocycles. The fourth-order valence-corrected chi connectivity index (χ4v) is 3.90. The molecule has 0 saturated heterocycles. The van der Waals surface area contributed by atoms with Crippen molar-refractivity contribution in [1.82, 2.24) is 25.3 Å². The number of carbonyl (C=O) groups is 1. The predicted octanol–water partition coefficient (Wildman–Crippen LogP) is 3.80. The van der Waals surface area contributed by atoms with Crippen LogP contribution in [0.2, 0.25) is 0 Å². The van der Waals surface area contributed by atoms with Gasteiger partial charge in [0.15, 0.2) is 17.5 Å². The maximum atomic E-state index is 14.5. The number of aromatic nitrogens is 4. The van der Waals surface area contributed by atoms with Crippen LogP contribution in [0.5, 0.6) is 0 Å². The number of halogens is 1. The van der Waals surface area contributed by atoms with Crippen molar-refractivity contribution in [2.45, 2.75) is 57.5 Å². The maximum absolute atomic E-state index is 14.5. The highest BCUT2D eigenvalue weighted by Gasteiger charge is 2.27. The second-order valence-electron chi connectivity index (χ2n) is 7.45. The van der Waals surface area contributed by atoms with E-state index >= 15 is 0 Å². The van der Waals surface area contributed by atoms with Gasteiger partial charge >= 0.3 is 0 Å². The molecule has 1 aliphatic rings. The van der Waals surface area contributed by atoms with Gasteiger partial charge in [0.2, 0.25) is 5.91 Å². The summed E-state index contributed by atoms with van der Waals surface area (Å²) in [4.78, 5) is 28.0. The average Bonchev–Trinajstić information content (AvgIpc) is 3.15. The number of hydrogen-bond acceptors (Lipinski definition) is 5. The van der Waals surface area contributed by atoms with Gasteiger partial charge in [-0.05, 0) is 31.4 Å². The molecule has 8 heteroatoms. The molecule has 1 unspecified atom stereocenters. The highest BCUT2D eigenvalue weighted by atomic mass is 19.1. The van der Waals surface area contributed by atoms with Crippen molar-refractivity contribution >= 4 is 22.8 Å². The van der Waals surface area contributed by atoms with Crippen molar-refractivity contribution in [2.24, 2.45) is 0 Å². The van der Waals surface area contributed by atoms with Gasteiger partial charge in [-0.2, -0.15) is 0 Å². The number of rotatable bonds is 6. The molecule has 4 rings (SSSR count). The average molecular weight is 396 g/mol. The number of anilines is 1. The topological polar surface area (TPSA) is 95.6 Å². The molecule has 0 radical (unpaired) electrons. The number of fused-ring (bicyclic) bond motifs is 1. The summed E-state index contributed by atoms with van der Waals surface area (Å²) in [6, 6.07) is 3.67. The molecule has 3 aromatic heterocycles. The Morgan fingerprint density at radius 2 is 2.10 bits per heavy atom. The Morgan fingerprint density at radius 1 is 1.28 bits per heavy atom. The first-order valence-corrected chi connectivity index (χ1v) is 10.2. The lowest BCUT2D eigenvalue weighted by Gasteiger charge is -2.33. The fraction of sp³-hybridized carbons (Fsp3) is 0.429. The van der Waals surface area contributed by atoms with Crippen molar-refractivity contribution in [3.63, 3.8) is 0 Å². The highest BCUT2D eigenvalue weighted by molar-refractivity contribution is 5.91. The molecule has 0 spiro atoms. The van der Waals surface area contributed by atoms with Crippen LogP contribution in [0.4, 0.5) is 10.2 Å². The summed E-state index contributed by atoms with van der Waals surface area (Å²) in [5.41, 5.74) is 1.50. The number of hydrogen-bond donors (Lipinski definition) is 3. The molecular formula is C21H25FN6O. The van der Waals surface area contributed by atoms with E-state index in [9.17, 15) is 9.18 Å². The Bertz CT molecular complexity index is 1000. The molecule has 0 bridgehead atoms. The Morgan fingerprint density at radius 3 is 2.93 bits per heavy atom. The van der Waals surface area contributed by atoms with Gasteiger partial charge in [0.05, 0.1) is 6.20 Å². The van der Waals surface area contributed by atoms with Gasteiger partial charge in [-0.3, -0.25) is 4.79 Å². The van der Waals surface area contributed by atoms with E-state index < -0.39 is 5.82 Å². The molecule has 29 heavy (non-hydrogen) atoms. The van der Waals surface area contributed by atoms with Gasteiger partial charge in [-0.15, -0.1) is 0 Å². The quantitative estimate of drug-likeness (QED) is 0.589. The first kappa shape index (κ1) is 19.3. The zero-order valence-electron chi connectivity index (χ0n) is 16.4. The Kier molecular flexibility index (Phi) is 5.69. The summed E-state index contributed by atoms with van der Waals surface area (Å²) in [5, 5.41) is 7.21. The zero-order valence-corrected chi connectivity index (χ0v) is 16.4. The van der Waals surface area contributed by atoms with Crippen LogP contribution in [-0.4, -0.2) is 37.9 Å². The first-order valence-electron chi connectivity index (χ1n) is 10.2. The maximum Gasteiger partial charge on any atom is 0.220 e. The zero-order chi connectivity index (χ0) is 20.2. The van der Waals surface area contributed by atoms with Crippen LogP contribution in [0.1, 0.15) is 45.4 Å². The normalized spacial score (nSPS) is 19.2. The number of pyridine rings is 1. The highest BCUT2D eigenvalue weighted by Crippen LogP contribution is 2.28. The van der Waals surface area contributed by atoms with Crippen molar-refractivity contribution in [1.29, 1.82) is 0 Å². The van der Waals surface area contributed by atoms with Crippen LogP contribution in [0.15, 0.2) is 30.7 Å². The molecule has 3 N–H and O–H groups in total. The van der Waals surface area contributed by atoms with E-state index in [1.807, 2.05) is 19.1 Å². The molecule has 1 fully saturated rings. The number of nitrogens with one attached hydrogen (secondary N) is 3. The van der Waals surface area contributed by atoms with Crippen LogP contribution >= 0.6 is 0 Å². The van der Waals surface area contributed by atoms with E-state index in [2.05, 4.69) is 30.6 Å².